The maximum absolute atomic E-state index is 9.53. The van der Waals surface area contributed by atoms with Gasteiger partial charge >= 0.3 is 0 Å². The van der Waals surface area contributed by atoms with Crippen molar-refractivity contribution < 1.29 is 5.11 Å². The molecule has 1 aromatic carbocycles. The van der Waals surface area contributed by atoms with E-state index in [-0.39, 0.29) is 6.54 Å². The summed E-state index contributed by atoms with van der Waals surface area (Å²) in [5, 5.41) is 13.7. The molecule has 0 spiro atoms. The van der Waals surface area contributed by atoms with Gasteiger partial charge in [-0.2, -0.15) is 5.10 Å². The minimum Gasteiger partial charge on any atom is -0.387 e. The SMILES string of the molecule is NC[C@H](O)c1cnn(Cc2ccccc2)c1. The highest BCUT2D eigenvalue weighted by molar-refractivity contribution is 5.16. The second-order valence-corrected chi connectivity index (χ2v) is 3.71. The molecular formula is C12H15N3O. The average Bonchev–Trinajstić information content (AvgIpc) is 2.78. The standard InChI is InChI=1S/C12H15N3O/c13-6-12(16)11-7-14-15(9-11)8-10-4-2-1-3-5-10/h1-5,7,9,12,16H,6,8,13H2/t12-/m0/s1. The Morgan fingerprint density at radius 3 is 2.75 bits per heavy atom. The van der Waals surface area contributed by atoms with Gasteiger partial charge in [0.15, 0.2) is 0 Å². The quantitative estimate of drug-likeness (QED) is 0.800. The van der Waals surface area contributed by atoms with E-state index in [9.17, 15) is 5.11 Å². The molecule has 0 unspecified atom stereocenters. The Balaban J connectivity index is 2.09. The van der Waals surface area contributed by atoms with Crippen molar-refractivity contribution in [1.82, 2.24) is 9.78 Å². The van der Waals surface area contributed by atoms with Gasteiger partial charge in [-0.15, -0.1) is 0 Å². The topological polar surface area (TPSA) is 64.1 Å². The molecule has 1 heterocycles. The zero-order valence-electron chi connectivity index (χ0n) is 8.95. The Morgan fingerprint density at radius 1 is 1.31 bits per heavy atom. The van der Waals surface area contributed by atoms with Crippen LogP contribution in [0.5, 0.6) is 0 Å². The van der Waals surface area contributed by atoms with Gasteiger partial charge in [0.2, 0.25) is 0 Å². The fraction of sp³-hybridized carbons (Fsp3) is 0.250. The Labute approximate surface area is 94.3 Å². The number of hydrogen-bond acceptors (Lipinski definition) is 3. The third kappa shape index (κ3) is 2.48. The van der Waals surface area contributed by atoms with Crippen molar-refractivity contribution in [2.24, 2.45) is 5.73 Å². The van der Waals surface area contributed by atoms with Crippen LogP contribution in [0.3, 0.4) is 0 Å². The van der Waals surface area contributed by atoms with Crippen LogP contribution in [-0.2, 0) is 6.54 Å². The van der Waals surface area contributed by atoms with E-state index in [2.05, 4.69) is 5.10 Å². The lowest BCUT2D eigenvalue weighted by atomic mass is 10.2. The number of aliphatic hydroxyl groups excluding tert-OH is 1. The van der Waals surface area contributed by atoms with Gasteiger partial charge in [0.05, 0.1) is 18.8 Å². The van der Waals surface area contributed by atoms with Crippen LogP contribution in [0.15, 0.2) is 42.7 Å². The van der Waals surface area contributed by atoms with Gasteiger partial charge in [0.1, 0.15) is 0 Å². The van der Waals surface area contributed by atoms with E-state index in [1.54, 1.807) is 10.9 Å². The van der Waals surface area contributed by atoms with Crippen LogP contribution in [0.25, 0.3) is 0 Å². The van der Waals surface area contributed by atoms with Crippen molar-refractivity contribution in [2.45, 2.75) is 12.6 Å². The Hall–Kier alpha value is -1.65. The van der Waals surface area contributed by atoms with E-state index in [0.29, 0.717) is 6.54 Å². The van der Waals surface area contributed by atoms with Gasteiger partial charge in [0.25, 0.3) is 0 Å². The molecule has 0 saturated carbocycles. The van der Waals surface area contributed by atoms with Crippen LogP contribution in [-0.4, -0.2) is 21.4 Å². The Morgan fingerprint density at radius 2 is 2.06 bits per heavy atom. The number of aliphatic hydroxyl groups is 1. The monoisotopic (exact) mass is 217 g/mol. The van der Waals surface area contributed by atoms with Gasteiger partial charge in [-0.3, -0.25) is 4.68 Å². The van der Waals surface area contributed by atoms with Crippen molar-refractivity contribution in [3.05, 3.63) is 53.9 Å². The maximum Gasteiger partial charge on any atom is 0.0942 e. The first kappa shape index (κ1) is 10.9. The molecule has 0 bridgehead atoms. The molecule has 0 saturated heterocycles. The summed E-state index contributed by atoms with van der Waals surface area (Å²) in [5.41, 5.74) is 7.32. The first-order chi connectivity index (χ1) is 7.79. The van der Waals surface area contributed by atoms with Crippen LogP contribution in [0, 0.1) is 0 Å². The minimum absolute atomic E-state index is 0.219. The molecule has 1 aromatic heterocycles. The first-order valence-corrected chi connectivity index (χ1v) is 5.24. The normalized spacial score (nSPS) is 12.6. The molecule has 0 aliphatic rings. The van der Waals surface area contributed by atoms with Crippen molar-refractivity contribution in [2.75, 3.05) is 6.54 Å². The summed E-state index contributed by atoms with van der Waals surface area (Å²) >= 11 is 0. The van der Waals surface area contributed by atoms with E-state index in [1.165, 1.54) is 5.56 Å². The number of hydrogen-bond donors (Lipinski definition) is 2. The largest absolute Gasteiger partial charge is 0.387 e. The van der Waals surface area contributed by atoms with E-state index >= 15 is 0 Å². The number of benzene rings is 1. The van der Waals surface area contributed by atoms with E-state index in [0.717, 1.165) is 5.56 Å². The van der Waals surface area contributed by atoms with E-state index in [4.69, 9.17) is 5.73 Å². The Kier molecular flexibility index (Phi) is 3.34. The second kappa shape index (κ2) is 4.92. The average molecular weight is 217 g/mol. The first-order valence-electron chi connectivity index (χ1n) is 5.24. The summed E-state index contributed by atoms with van der Waals surface area (Å²) in [6.45, 7) is 0.926. The summed E-state index contributed by atoms with van der Waals surface area (Å²) in [4.78, 5) is 0. The minimum atomic E-state index is -0.621. The predicted octanol–water partition coefficient (Wildman–Crippen LogP) is 0.923. The molecule has 3 N–H and O–H groups in total. The molecule has 0 radical (unpaired) electrons. The van der Waals surface area contributed by atoms with E-state index in [1.807, 2.05) is 36.5 Å². The third-order valence-electron chi connectivity index (χ3n) is 2.45. The highest BCUT2D eigenvalue weighted by atomic mass is 16.3. The van der Waals surface area contributed by atoms with Crippen LogP contribution in [0.2, 0.25) is 0 Å². The van der Waals surface area contributed by atoms with Crippen LogP contribution in [0.4, 0.5) is 0 Å². The van der Waals surface area contributed by atoms with Crippen molar-refractivity contribution >= 4 is 0 Å². The second-order valence-electron chi connectivity index (χ2n) is 3.71. The van der Waals surface area contributed by atoms with E-state index < -0.39 is 6.10 Å². The number of rotatable bonds is 4. The molecule has 4 nitrogen and oxygen atoms in total. The summed E-state index contributed by atoms with van der Waals surface area (Å²) in [6.07, 6.45) is 2.86. The summed E-state index contributed by atoms with van der Waals surface area (Å²) in [5.74, 6) is 0. The van der Waals surface area contributed by atoms with Crippen LogP contribution >= 0.6 is 0 Å². The number of nitrogens with two attached hydrogens (primary N) is 1. The molecule has 0 amide bonds. The fourth-order valence-corrected chi connectivity index (χ4v) is 1.54. The number of aromatic nitrogens is 2. The van der Waals surface area contributed by atoms with Crippen molar-refractivity contribution in [3.63, 3.8) is 0 Å². The molecule has 4 heteroatoms. The molecule has 0 aliphatic carbocycles. The van der Waals surface area contributed by atoms with Crippen molar-refractivity contribution in [3.8, 4) is 0 Å². The molecule has 0 fully saturated rings. The molecule has 0 aliphatic heterocycles. The molecule has 2 aromatic rings. The van der Waals surface area contributed by atoms with Crippen LogP contribution < -0.4 is 5.73 Å². The zero-order chi connectivity index (χ0) is 11.4. The molecule has 84 valence electrons. The van der Waals surface area contributed by atoms with Crippen molar-refractivity contribution in [1.29, 1.82) is 0 Å². The van der Waals surface area contributed by atoms with Gasteiger partial charge in [0, 0.05) is 18.3 Å². The lowest BCUT2D eigenvalue weighted by Gasteiger charge is -2.03. The molecule has 16 heavy (non-hydrogen) atoms. The number of nitrogens with zero attached hydrogens (tertiary/aromatic N) is 2. The Bertz CT molecular complexity index is 439. The van der Waals surface area contributed by atoms with Crippen LogP contribution in [0.1, 0.15) is 17.2 Å². The molecule has 1 atom stereocenters. The summed E-state index contributed by atoms with van der Waals surface area (Å²) in [7, 11) is 0. The molecular weight excluding hydrogens is 202 g/mol. The maximum atomic E-state index is 9.53. The smallest absolute Gasteiger partial charge is 0.0942 e. The van der Waals surface area contributed by atoms with Gasteiger partial charge in [-0.25, -0.2) is 0 Å². The predicted molar refractivity (Wildman–Crippen MR) is 61.8 cm³/mol. The summed E-state index contributed by atoms with van der Waals surface area (Å²) < 4.78 is 1.80. The highest BCUT2D eigenvalue weighted by Crippen LogP contribution is 2.10. The van der Waals surface area contributed by atoms with Gasteiger partial charge < -0.3 is 10.8 Å². The highest BCUT2D eigenvalue weighted by Gasteiger charge is 2.07. The van der Waals surface area contributed by atoms with Gasteiger partial charge in [-0.05, 0) is 5.56 Å². The molecule has 2 rings (SSSR count). The fourth-order valence-electron chi connectivity index (χ4n) is 1.54. The third-order valence-corrected chi connectivity index (χ3v) is 2.45. The lowest BCUT2D eigenvalue weighted by molar-refractivity contribution is 0.186. The lowest BCUT2D eigenvalue weighted by Crippen LogP contribution is -2.10. The summed E-state index contributed by atoms with van der Waals surface area (Å²) in [6, 6.07) is 10.1. The van der Waals surface area contributed by atoms with Gasteiger partial charge in [-0.1, -0.05) is 30.3 Å². The zero-order valence-corrected chi connectivity index (χ0v) is 8.95.